The SMILES string of the molecule is Cc1cc2nn(Cc3nc(-c4cccc(F)c4)no3)c(=O)n2c(Nc2ccc(F)cc2)n1. The molecule has 5 rings (SSSR count). The van der Waals surface area contributed by atoms with E-state index in [1.807, 2.05) is 0 Å². The Bertz CT molecular complexity index is 1490. The van der Waals surface area contributed by atoms with E-state index in [1.54, 1.807) is 19.1 Å². The zero-order valence-electron chi connectivity index (χ0n) is 16.7. The number of aryl methyl sites for hydroxylation is 1. The van der Waals surface area contributed by atoms with Crippen molar-refractivity contribution < 1.29 is 13.3 Å². The Hall–Kier alpha value is -4.41. The third kappa shape index (κ3) is 3.71. The molecule has 0 atom stereocenters. The molecule has 1 N–H and O–H groups in total. The van der Waals surface area contributed by atoms with Crippen molar-refractivity contribution in [1.82, 2.24) is 29.3 Å². The smallest absolute Gasteiger partial charge is 0.337 e. The van der Waals surface area contributed by atoms with E-state index in [9.17, 15) is 13.6 Å². The van der Waals surface area contributed by atoms with Gasteiger partial charge in [-0.25, -0.2) is 27.6 Å². The van der Waals surface area contributed by atoms with E-state index in [1.165, 1.54) is 46.9 Å². The molecule has 0 saturated heterocycles. The Morgan fingerprint density at radius 2 is 1.84 bits per heavy atom. The van der Waals surface area contributed by atoms with Crippen molar-refractivity contribution in [3.05, 3.63) is 88.3 Å². The first-order valence-electron chi connectivity index (χ1n) is 9.54. The molecule has 0 fully saturated rings. The van der Waals surface area contributed by atoms with Crippen LogP contribution in [0.4, 0.5) is 20.4 Å². The van der Waals surface area contributed by atoms with Gasteiger partial charge < -0.3 is 9.84 Å². The van der Waals surface area contributed by atoms with Gasteiger partial charge in [0.1, 0.15) is 18.2 Å². The Kier molecular flexibility index (Phi) is 4.70. The normalized spacial score (nSPS) is 11.2. The number of hydrogen-bond donors (Lipinski definition) is 1. The van der Waals surface area contributed by atoms with E-state index in [-0.39, 0.29) is 30.0 Å². The van der Waals surface area contributed by atoms with Crippen LogP contribution in [0.3, 0.4) is 0 Å². The van der Waals surface area contributed by atoms with E-state index >= 15 is 0 Å². The number of halogens is 2. The molecule has 0 aliphatic carbocycles. The number of anilines is 2. The lowest BCUT2D eigenvalue weighted by Crippen LogP contribution is -2.23. The highest BCUT2D eigenvalue weighted by Gasteiger charge is 2.16. The van der Waals surface area contributed by atoms with Crippen molar-refractivity contribution in [1.29, 1.82) is 0 Å². The number of nitrogens with zero attached hydrogens (tertiary/aromatic N) is 6. The number of hydrogen-bond acceptors (Lipinski definition) is 7. The summed E-state index contributed by atoms with van der Waals surface area (Å²) in [7, 11) is 0. The van der Waals surface area contributed by atoms with Gasteiger partial charge in [0.05, 0.1) is 0 Å². The number of nitrogens with one attached hydrogen (secondary N) is 1. The molecule has 0 bridgehead atoms. The van der Waals surface area contributed by atoms with Crippen molar-refractivity contribution in [3.63, 3.8) is 0 Å². The predicted octanol–water partition coefficient (Wildman–Crippen LogP) is 3.32. The maximum atomic E-state index is 13.4. The molecule has 2 aromatic carbocycles. The molecule has 11 heteroatoms. The van der Waals surface area contributed by atoms with Crippen molar-refractivity contribution in [3.8, 4) is 11.4 Å². The minimum atomic E-state index is -0.484. The maximum Gasteiger partial charge on any atom is 0.353 e. The van der Waals surface area contributed by atoms with Crippen molar-refractivity contribution in [2.45, 2.75) is 13.5 Å². The molecule has 0 spiro atoms. The van der Waals surface area contributed by atoms with Gasteiger partial charge in [0.25, 0.3) is 0 Å². The lowest BCUT2D eigenvalue weighted by Gasteiger charge is -2.07. The molecular weight excluding hydrogens is 420 g/mol. The fourth-order valence-corrected chi connectivity index (χ4v) is 3.19. The van der Waals surface area contributed by atoms with E-state index in [0.717, 1.165) is 4.68 Å². The summed E-state index contributed by atoms with van der Waals surface area (Å²) in [5.74, 6) is -0.233. The summed E-state index contributed by atoms with van der Waals surface area (Å²) in [5.41, 5.74) is 1.51. The first-order chi connectivity index (χ1) is 15.5. The standard InChI is InChI=1S/C21H15F2N7O2/c1-12-9-17-27-29(11-18-26-19(28-32-18)13-3-2-4-15(23)10-13)21(31)30(17)20(24-12)25-16-7-5-14(22)6-8-16/h2-10H,11H2,1H3,(H,24,25). The summed E-state index contributed by atoms with van der Waals surface area (Å²) in [6.07, 6.45) is 0. The van der Waals surface area contributed by atoms with Gasteiger partial charge in [-0.3, -0.25) is 0 Å². The molecular formula is C21H15F2N7O2. The summed E-state index contributed by atoms with van der Waals surface area (Å²) >= 11 is 0. The van der Waals surface area contributed by atoms with Crippen LogP contribution in [0.15, 0.2) is 63.9 Å². The van der Waals surface area contributed by atoms with E-state index in [2.05, 4.69) is 25.5 Å². The first-order valence-corrected chi connectivity index (χ1v) is 9.54. The number of benzene rings is 2. The summed E-state index contributed by atoms with van der Waals surface area (Å²) in [6.45, 7) is 1.68. The van der Waals surface area contributed by atoms with Crippen LogP contribution < -0.4 is 11.0 Å². The van der Waals surface area contributed by atoms with Crippen molar-refractivity contribution in [2.24, 2.45) is 0 Å². The van der Waals surface area contributed by atoms with Crippen LogP contribution >= 0.6 is 0 Å². The molecule has 3 aromatic heterocycles. The van der Waals surface area contributed by atoms with E-state index < -0.39 is 11.5 Å². The lowest BCUT2D eigenvalue weighted by molar-refractivity contribution is 0.364. The summed E-state index contributed by atoms with van der Waals surface area (Å²) in [6, 6.07) is 13.1. The largest absolute Gasteiger partial charge is 0.353 e. The number of fused-ring (bicyclic) bond motifs is 1. The summed E-state index contributed by atoms with van der Waals surface area (Å²) in [4.78, 5) is 21.6. The molecule has 0 unspecified atom stereocenters. The Balaban J connectivity index is 1.49. The molecule has 9 nitrogen and oxygen atoms in total. The van der Waals surface area contributed by atoms with Gasteiger partial charge in [-0.2, -0.15) is 4.98 Å². The highest BCUT2D eigenvalue weighted by molar-refractivity contribution is 5.57. The minimum Gasteiger partial charge on any atom is -0.337 e. The van der Waals surface area contributed by atoms with Crippen LogP contribution in [0.25, 0.3) is 17.0 Å². The van der Waals surface area contributed by atoms with Gasteiger partial charge in [0.15, 0.2) is 5.65 Å². The highest BCUT2D eigenvalue weighted by atomic mass is 19.1. The second-order valence-electron chi connectivity index (χ2n) is 7.01. The van der Waals surface area contributed by atoms with Crippen LogP contribution in [0.2, 0.25) is 0 Å². The van der Waals surface area contributed by atoms with Gasteiger partial charge in [-0.15, -0.1) is 5.10 Å². The molecule has 0 aliphatic rings. The molecule has 160 valence electrons. The van der Waals surface area contributed by atoms with Gasteiger partial charge in [0, 0.05) is 23.0 Å². The second-order valence-corrected chi connectivity index (χ2v) is 7.01. The molecule has 0 radical (unpaired) electrons. The van der Waals surface area contributed by atoms with Crippen LogP contribution in [-0.4, -0.2) is 29.3 Å². The predicted molar refractivity (Wildman–Crippen MR) is 110 cm³/mol. The highest BCUT2D eigenvalue weighted by Crippen LogP contribution is 2.18. The summed E-state index contributed by atoms with van der Waals surface area (Å²) < 4.78 is 34.3. The Morgan fingerprint density at radius 1 is 1.03 bits per heavy atom. The molecule has 0 saturated carbocycles. The first kappa shape index (κ1) is 19.5. The average Bonchev–Trinajstić information content (AvgIpc) is 3.35. The minimum absolute atomic E-state index is 0.0855. The third-order valence-corrected chi connectivity index (χ3v) is 4.63. The van der Waals surface area contributed by atoms with Crippen LogP contribution in [-0.2, 0) is 6.54 Å². The zero-order chi connectivity index (χ0) is 22.2. The van der Waals surface area contributed by atoms with E-state index in [4.69, 9.17) is 4.52 Å². The van der Waals surface area contributed by atoms with Crippen LogP contribution in [0, 0.1) is 18.6 Å². The molecule has 32 heavy (non-hydrogen) atoms. The van der Waals surface area contributed by atoms with E-state index in [0.29, 0.717) is 22.6 Å². The molecule has 0 aliphatic heterocycles. The molecule has 3 heterocycles. The van der Waals surface area contributed by atoms with Crippen molar-refractivity contribution >= 4 is 17.3 Å². The number of rotatable bonds is 5. The molecule has 5 aromatic rings. The fourth-order valence-electron chi connectivity index (χ4n) is 3.19. The second kappa shape index (κ2) is 7.69. The average molecular weight is 435 g/mol. The van der Waals surface area contributed by atoms with Gasteiger partial charge >= 0.3 is 5.69 Å². The van der Waals surface area contributed by atoms with Crippen LogP contribution in [0.5, 0.6) is 0 Å². The topological polar surface area (TPSA) is 103 Å². The van der Waals surface area contributed by atoms with Crippen molar-refractivity contribution in [2.75, 3.05) is 5.32 Å². The summed E-state index contributed by atoms with van der Waals surface area (Å²) in [5, 5.41) is 11.2. The quantitative estimate of drug-likeness (QED) is 0.452. The Morgan fingerprint density at radius 3 is 2.62 bits per heavy atom. The van der Waals surface area contributed by atoms with Gasteiger partial charge in [-0.1, -0.05) is 17.3 Å². The number of aromatic nitrogens is 6. The Labute approximate surface area is 179 Å². The van der Waals surface area contributed by atoms with Gasteiger partial charge in [-0.05, 0) is 43.3 Å². The monoisotopic (exact) mass is 435 g/mol. The third-order valence-electron chi connectivity index (χ3n) is 4.63. The molecule has 0 amide bonds. The zero-order valence-corrected chi connectivity index (χ0v) is 16.7. The van der Waals surface area contributed by atoms with Crippen LogP contribution in [0.1, 0.15) is 11.6 Å². The fraction of sp³-hybridized carbons (Fsp3) is 0.0952. The van der Waals surface area contributed by atoms with Gasteiger partial charge in [0.2, 0.25) is 17.7 Å². The maximum absolute atomic E-state index is 13.4. The lowest BCUT2D eigenvalue weighted by atomic mass is 10.2.